The van der Waals surface area contributed by atoms with E-state index in [4.69, 9.17) is 21.1 Å². The van der Waals surface area contributed by atoms with Crippen molar-refractivity contribution >= 4 is 23.3 Å². The van der Waals surface area contributed by atoms with Crippen LogP contribution in [-0.2, 0) is 16.1 Å². The maximum Gasteiger partial charge on any atom is 0.335 e. The topological polar surface area (TPSA) is 121 Å². The summed E-state index contributed by atoms with van der Waals surface area (Å²) < 4.78 is 12.9. The van der Waals surface area contributed by atoms with Crippen molar-refractivity contribution in [2.45, 2.75) is 33.4 Å². The second-order valence-electron chi connectivity index (χ2n) is 9.05. The van der Waals surface area contributed by atoms with Crippen LogP contribution in [0.1, 0.15) is 31.0 Å². The lowest BCUT2D eigenvalue weighted by Crippen LogP contribution is -2.52. The molecular weight excluding hydrogens is 522 g/mol. The van der Waals surface area contributed by atoms with Gasteiger partial charge in [0.05, 0.1) is 31.3 Å². The fourth-order valence-electron chi connectivity index (χ4n) is 3.85. The van der Waals surface area contributed by atoms with Gasteiger partial charge in [-0.2, -0.15) is 0 Å². The Labute approximate surface area is 229 Å². The van der Waals surface area contributed by atoms with Gasteiger partial charge in [0.15, 0.2) is 0 Å². The van der Waals surface area contributed by atoms with E-state index in [9.17, 15) is 14.4 Å². The van der Waals surface area contributed by atoms with Crippen molar-refractivity contribution in [2.24, 2.45) is 10.9 Å². The summed E-state index contributed by atoms with van der Waals surface area (Å²) in [5, 5.41) is 0.552. The first-order chi connectivity index (χ1) is 18.7. The molecule has 0 saturated carbocycles. The zero-order valence-corrected chi connectivity index (χ0v) is 22.7. The van der Waals surface area contributed by atoms with Crippen LogP contribution in [0, 0.1) is 12.8 Å². The molecule has 0 bridgehead atoms. The van der Waals surface area contributed by atoms with Gasteiger partial charge < -0.3 is 9.47 Å². The SMILES string of the molecule is COC(=O)[C@H](C)[C@H](C)n1c(=O)[nH]/c(=N\c2ccc(Oc3ccc(C)cn3)cc2)n(Cc2ccc(Cl)cc2)c1=O. The van der Waals surface area contributed by atoms with Crippen molar-refractivity contribution in [2.75, 3.05) is 7.11 Å². The lowest BCUT2D eigenvalue weighted by atomic mass is 10.0. The second-order valence-corrected chi connectivity index (χ2v) is 9.49. The predicted octanol–water partition coefficient (Wildman–Crippen LogP) is 4.14. The highest BCUT2D eigenvalue weighted by molar-refractivity contribution is 6.30. The highest BCUT2D eigenvalue weighted by atomic mass is 35.5. The number of carbonyl (C=O) groups excluding carboxylic acids is 1. The first kappa shape index (κ1) is 27.6. The molecule has 0 aliphatic rings. The van der Waals surface area contributed by atoms with Crippen LogP contribution in [0.2, 0.25) is 5.02 Å². The fourth-order valence-corrected chi connectivity index (χ4v) is 3.97. The Bertz CT molecular complexity index is 1640. The van der Waals surface area contributed by atoms with Crippen molar-refractivity contribution in [3.8, 4) is 11.6 Å². The second kappa shape index (κ2) is 12.0. The number of esters is 1. The number of carbonyl (C=O) groups is 1. The van der Waals surface area contributed by atoms with Crippen LogP contribution in [0.15, 0.2) is 81.4 Å². The average Bonchev–Trinajstić information content (AvgIpc) is 2.93. The van der Waals surface area contributed by atoms with Gasteiger partial charge in [-0.05, 0) is 68.3 Å². The van der Waals surface area contributed by atoms with E-state index in [1.165, 1.54) is 11.7 Å². The minimum absolute atomic E-state index is 0.0444. The van der Waals surface area contributed by atoms with Crippen LogP contribution in [-0.4, -0.2) is 32.2 Å². The molecule has 4 rings (SSSR count). The van der Waals surface area contributed by atoms with Crippen LogP contribution in [0.3, 0.4) is 0 Å². The van der Waals surface area contributed by atoms with Crippen LogP contribution in [0.4, 0.5) is 5.69 Å². The monoisotopic (exact) mass is 549 g/mol. The van der Waals surface area contributed by atoms with Gasteiger partial charge in [-0.25, -0.2) is 24.1 Å². The summed E-state index contributed by atoms with van der Waals surface area (Å²) in [6, 6.07) is 16.7. The third-order valence-corrected chi connectivity index (χ3v) is 6.52. The first-order valence-corrected chi connectivity index (χ1v) is 12.6. The summed E-state index contributed by atoms with van der Waals surface area (Å²) in [5.74, 6) is -0.269. The summed E-state index contributed by atoms with van der Waals surface area (Å²) in [7, 11) is 1.26. The number of aromatic nitrogens is 4. The molecule has 0 aliphatic heterocycles. The summed E-state index contributed by atoms with van der Waals surface area (Å²) in [5.41, 5.74) is 0.990. The van der Waals surface area contributed by atoms with E-state index in [0.717, 1.165) is 15.7 Å². The number of hydrogen-bond acceptors (Lipinski definition) is 7. The Hall–Kier alpha value is -4.44. The largest absolute Gasteiger partial charge is 0.469 e. The summed E-state index contributed by atoms with van der Waals surface area (Å²) in [6.07, 6.45) is 1.71. The lowest BCUT2D eigenvalue weighted by Gasteiger charge is -2.20. The number of methoxy groups -OCH3 is 1. The highest BCUT2D eigenvalue weighted by Gasteiger charge is 2.26. The number of nitrogens with one attached hydrogen (secondary N) is 1. The molecule has 202 valence electrons. The third kappa shape index (κ3) is 6.53. The number of halogens is 1. The van der Waals surface area contributed by atoms with Gasteiger partial charge in [0, 0.05) is 17.3 Å². The van der Waals surface area contributed by atoms with Crippen molar-refractivity contribution in [1.82, 2.24) is 19.1 Å². The normalized spacial score (nSPS) is 13.1. The zero-order chi connectivity index (χ0) is 28.1. The molecule has 0 saturated heterocycles. The molecule has 4 aromatic rings. The van der Waals surface area contributed by atoms with Crippen molar-refractivity contribution < 1.29 is 14.3 Å². The third-order valence-electron chi connectivity index (χ3n) is 6.27. The Morgan fingerprint density at radius 2 is 1.74 bits per heavy atom. The van der Waals surface area contributed by atoms with E-state index in [-0.39, 0.29) is 12.2 Å². The number of ether oxygens (including phenoxy) is 2. The molecule has 0 fully saturated rings. The minimum atomic E-state index is -0.772. The Kier molecular flexibility index (Phi) is 8.46. The van der Waals surface area contributed by atoms with Crippen LogP contribution in [0.5, 0.6) is 11.6 Å². The van der Waals surface area contributed by atoms with E-state index in [1.807, 2.05) is 13.0 Å². The van der Waals surface area contributed by atoms with E-state index in [2.05, 4.69) is 15.0 Å². The molecule has 2 heterocycles. The molecule has 1 N–H and O–H groups in total. The molecule has 2 aromatic carbocycles. The van der Waals surface area contributed by atoms with Crippen molar-refractivity contribution in [3.05, 3.63) is 110 Å². The van der Waals surface area contributed by atoms with Gasteiger partial charge in [-0.3, -0.25) is 14.3 Å². The number of benzene rings is 2. The Morgan fingerprint density at radius 1 is 1.05 bits per heavy atom. The molecule has 2 atom stereocenters. The molecule has 39 heavy (non-hydrogen) atoms. The molecule has 0 radical (unpaired) electrons. The van der Waals surface area contributed by atoms with Crippen LogP contribution in [0.25, 0.3) is 0 Å². The van der Waals surface area contributed by atoms with E-state index in [0.29, 0.717) is 22.3 Å². The number of pyridine rings is 1. The maximum absolute atomic E-state index is 13.7. The van der Waals surface area contributed by atoms with Crippen LogP contribution < -0.4 is 21.7 Å². The Balaban J connectivity index is 1.76. The molecule has 0 unspecified atom stereocenters. The summed E-state index contributed by atoms with van der Waals surface area (Å²) in [6.45, 7) is 5.25. The molecule has 10 nitrogen and oxygen atoms in total. The molecule has 11 heteroatoms. The van der Waals surface area contributed by atoms with E-state index >= 15 is 0 Å². The lowest BCUT2D eigenvalue weighted by molar-refractivity contribution is -0.146. The van der Waals surface area contributed by atoms with Gasteiger partial charge in [0.25, 0.3) is 0 Å². The quantitative estimate of drug-likeness (QED) is 0.330. The molecule has 0 spiro atoms. The summed E-state index contributed by atoms with van der Waals surface area (Å²) in [4.78, 5) is 50.3. The highest BCUT2D eigenvalue weighted by Crippen LogP contribution is 2.22. The molecular formula is C28H28ClN5O5. The average molecular weight is 550 g/mol. The van der Waals surface area contributed by atoms with Crippen LogP contribution >= 0.6 is 11.6 Å². The van der Waals surface area contributed by atoms with E-state index in [1.54, 1.807) is 74.6 Å². The number of rotatable bonds is 8. The number of H-pyrrole nitrogens is 1. The minimum Gasteiger partial charge on any atom is -0.469 e. The van der Waals surface area contributed by atoms with Gasteiger partial charge in [0.2, 0.25) is 11.5 Å². The first-order valence-electron chi connectivity index (χ1n) is 12.2. The standard InChI is InChI=1S/C28H28ClN5O5/c1-17-5-14-24(30-15-17)39-23-12-10-22(11-13-23)31-26-32-27(36)34(19(3)18(2)25(35)38-4)28(37)33(26)16-20-6-8-21(29)9-7-20/h5-15,18-19H,16H2,1-4H3,(H,31,32,36)/t18-,19+/m1/s1. The number of nitrogens with zero attached hydrogens (tertiary/aromatic N) is 4. The van der Waals surface area contributed by atoms with Gasteiger partial charge >= 0.3 is 17.3 Å². The molecule has 2 aromatic heterocycles. The van der Waals surface area contributed by atoms with Gasteiger partial charge in [-0.1, -0.05) is 29.8 Å². The molecule has 0 amide bonds. The zero-order valence-electron chi connectivity index (χ0n) is 21.9. The van der Waals surface area contributed by atoms with Crippen molar-refractivity contribution in [1.29, 1.82) is 0 Å². The smallest absolute Gasteiger partial charge is 0.335 e. The van der Waals surface area contributed by atoms with Gasteiger partial charge in [-0.15, -0.1) is 0 Å². The Morgan fingerprint density at radius 3 is 2.36 bits per heavy atom. The molecule has 0 aliphatic carbocycles. The number of hydrogen-bond donors (Lipinski definition) is 1. The van der Waals surface area contributed by atoms with E-state index < -0.39 is 29.3 Å². The maximum atomic E-state index is 13.7. The predicted molar refractivity (Wildman–Crippen MR) is 146 cm³/mol. The van der Waals surface area contributed by atoms with Crippen molar-refractivity contribution in [3.63, 3.8) is 0 Å². The van der Waals surface area contributed by atoms with Gasteiger partial charge in [0.1, 0.15) is 5.75 Å². The number of aryl methyl sites for hydroxylation is 1. The number of aromatic amines is 1. The summed E-state index contributed by atoms with van der Waals surface area (Å²) >= 11 is 6.02. The fraction of sp³-hybridized carbons (Fsp3) is 0.250.